The minimum absolute atomic E-state index is 0.416. The van der Waals surface area contributed by atoms with E-state index in [4.69, 9.17) is 9.47 Å². The molecular weight excluding hydrogens is 274 g/mol. The van der Waals surface area contributed by atoms with Gasteiger partial charge >= 0.3 is 0 Å². The summed E-state index contributed by atoms with van der Waals surface area (Å²) in [4.78, 5) is 2.31. The second-order valence-corrected chi connectivity index (χ2v) is 7.77. The molecule has 0 saturated carbocycles. The van der Waals surface area contributed by atoms with Crippen molar-refractivity contribution in [2.75, 3.05) is 40.5 Å². The van der Waals surface area contributed by atoms with Crippen molar-refractivity contribution in [3.05, 3.63) is 0 Å². The molecule has 0 fully saturated rings. The van der Waals surface area contributed by atoms with E-state index in [9.17, 15) is 0 Å². The van der Waals surface area contributed by atoms with Gasteiger partial charge in [0.1, 0.15) is 0 Å². The molecule has 0 amide bonds. The summed E-state index contributed by atoms with van der Waals surface area (Å²) in [5.41, 5.74) is 0.416. The third-order valence-corrected chi connectivity index (χ3v) is 4.76. The number of nitrogens with zero attached hydrogens (tertiary/aromatic N) is 1. The van der Waals surface area contributed by atoms with Gasteiger partial charge < -0.3 is 14.4 Å². The summed E-state index contributed by atoms with van der Waals surface area (Å²) in [6.45, 7) is 14.8. The molecule has 2 unspecified atom stereocenters. The highest BCUT2D eigenvalue weighted by Crippen LogP contribution is 2.28. The predicted octanol–water partition coefficient (Wildman–Crippen LogP) is 4.60. The van der Waals surface area contributed by atoms with Gasteiger partial charge in [-0.05, 0) is 64.5 Å². The Hall–Kier alpha value is -0.120. The van der Waals surface area contributed by atoms with E-state index < -0.39 is 0 Å². The molecule has 0 aliphatic rings. The Labute approximate surface area is 139 Å². The van der Waals surface area contributed by atoms with Crippen molar-refractivity contribution in [3.63, 3.8) is 0 Å². The lowest BCUT2D eigenvalue weighted by Gasteiger charge is -2.27. The monoisotopic (exact) mass is 315 g/mol. The summed E-state index contributed by atoms with van der Waals surface area (Å²) in [7, 11) is 4.32. The zero-order valence-electron chi connectivity index (χ0n) is 16.3. The summed E-state index contributed by atoms with van der Waals surface area (Å²) in [5.74, 6) is 0.757. The van der Waals surface area contributed by atoms with E-state index in [2.05, 4.69) is 53.6 Å². The molecule has 0 aromatic heterocycles. The number of hydrogen-bond acceptors (Lipinski definition) is 3. The van der Waals surface area contributed by atoms with E-state index in [1.54, 1.807) is 0 Å². The Morgan fingerprint density at radius 3 is 1.95 bits per heavy atom. The van der Waals surface area contributed by atoms with Crippen molar-refractivity contribution in [3.8, 4) is 0 Å². The molecule has 2 atom stereocenters. The Balaban J connectivity index is 3.61. The summed E-state index contributed by atoms with van der Waals surface area (Å²) in [6, 6.07) is 0.607. The van der Waals surface area contributed by atoms with Crippen molar-refractivity contribution in [2.24, 2.45) is 11.3 Å². The molecule has 0 N–H and O–H groups in total. The van der Waals surface area contributed by atoms with Crippen LogP contribution in [0.1, 0.15) is 66.7 Å². The topological polar surface area (TPSA) is 21.7 Å². The standard InChI is InChI=1S/C19H41NO2/c1-8-21-16-13-18(20(6)7)12-10-15-22-14-9-11-17(2)19(3,4)5/h17-18H,8-16H2,1-7H3. The van der Waals surface area contributed by atoms with Crippen LogP contribution in [-0.4, -0.2) is 51.5 Å². The third kappa shape index (κ3) is 11.4. The maximum Gasteiger partial charge on any atom is 0.0480 e. The fraction of sp³-hybridized carbons (Fsp3) is 1.00. The molecule has 0 spiro atoms. The Morgan fingerprint density at radius 1 is 0.864 bits per heavy atom. The van der Waals surface area contributed by atoms with Gasteiger partial charge in [0.25, 0.3) is 0 Å². The van der Waals surface area contributed by atoms with Crippen LogP contribution in [0.15, 0.2) is 0 Å². The first-order valence-electron chi connectivity index (χ1n) is 9.11. The summed E-state index contributed by atoms with van der Waals surface area (Å²) in [5, 5.41) is 0. The van der Waals surface area contributed by atoms with Gasteiger partial charge in [0, 0.05) is 32.5 Å². The molecule has 0 aliphatic carbocycles. The highest BCUT2D eigenvalue weighted by Gasteiger charge is 2.19. The quantitative estimate of drug-likeness (QED) is 0.464. The maximum absolute atomic E-state index is 5.80. The largest absolute Gasteiger partial charge is 0.382 e. The first-order valence-corrected chi connectivity index (χ1v) is 9.11. The van der Waals surface area contributed by atoms with E-state index in [0.717, 1.165) is 45.2 Å². The van der Waals surface area contributed by atoms with Gasteiger partial charge in [-0.3, -0.25) is 0 Å². The smallest absolute Gasteiger partial charge is 0.0480 e. The van der Waals surface area contributed by atoms with Crippen molar-refractivity contribution in [2.45, 2.75) is 72.8 Å². The minimum atomic E-state index is 0.416. The lowest BCUT2D eigenvalue weighted by molar-refractivity contribution is 0.0982. The second kappa shape index (κ2) is 12.3. The molecule has 3 nitrogen and oxygen atoms in total. The molecular formula is C19H41NO2. The van der Waals surface area contributed by atoms with Gasteiger partial charge in [0.15, 0.2) is 0 Å². The van der Waals surface area contributed by atoms with Gasteiger partial charge in [0.05, 0.1) is 0 Å². The van der Waals surface area contributed by atoms with E-state index in [-0.39, 0.29) is 0 Å². The van der Waals surface area contributed by atoms with Crippen LogP contribution < -0.4 is 0 Å². The second-order valence-electron chi connectivity index (χ2n) is 7.77. The minimum Gasteiger partial charge on any atom is -0.382 e. The number of rotatable bonds is 13. The van der Waals surface area contributed by atoms with Crippen LogP contribution in [0.25, 0.3) is 0 Å². The number of hydrogen-bond donors (Lipinski definition) is 0. The first-order chi connectivity index (χ1) is 10.3. The van der Waals surface area contributed by atoms with Gasteiger partial charge in [-0.15, -0.1) is 0 Å². The van der Waals surface area contributed by atoms with Crippen LogP contribution in [0.3, 0.4) is 0 Å². The first kappa shape index (κ1) is 21.9. The fourth-order valence-corrected chi connectivity index (χ4v) is 2.47. The lowest BCUT2D eigenvalue weighted by Crippen LogP contribution is -2.29. The third-order valence-electron chi connectivity index (χ3n) is 4.76. The zero-order chi connectivity index (χ0) is 17.0. The normalized spacial score (nSPS) is 15.3. The van der Waals surface area contributed by atoms with E-state index in [0.29, 0.717) is 11.5 Å². The van der Waals surface area contributed by atoms with Crippen molar-refractivity contribution in [1.29, 1.82) is 0 Å². The van der Waals surface area contributed by atoms with Gasteiger partial charge in [-0.2, -0.15) is 0 Å². The SMILES string of the molecule is CCOCCC(CCCOCCCC(C)C(C)(C)C)N(C)C. The number of ether oxygens (including phenoxy) is 2. The molecule has 0 aliphatic heterocycles. The van der Waals surface area contributed by atoms with Crippen LogP contribution >= 0.6 is 0 Å². The van der Waals surface area contributed by atoms with Crippen molar-refractivity contribution < 1.29 is 9.47 Å². The van der Waals surface area contributed by atoms with Crippen molar-refractivity contribution >= 4 is 0 Å². The van der Waals surface area contributed by atoms with Gasteiger partial charge in [-0.25, -0.2) is 0 Å². The molecule has 0 bridgehead atoms. The highest BCUT2D eigenvalue weighted by molar-refractivity contribution is 4.69. The molecule has 0 radical (unpaired) electrons. The van der Waals surface area contributed by atoms with E-state index >= 15 is 0 Å². The highest BCUT2D eigenvalue weighted by atomic mass is 16.5. The van der Waals surface area contributed by atoms with Crippen LogP contribution in [0.4, 0.5) is 0 Å². The summed E-state index contributed by atoms with van der Waals surface area (Å²) < 4.78 is 11.3. The van der Waals surface area contributed by atoms with Crippen LogP contribution in [0.5, 0.6) is 0 Å². The van der Waals surface area contributed by atoms with Gasteiger partial charge in [0.2, 0.25) is 0 Å². The van der Waals surface area contributed by atoms with E-state index in [1.807, 2.05) is 0 Å². The Kier molecular flexibility index (Phi) is 12.3. The fourth-order valence-electron chi connectivity index (χ4n) is 2.47. The average Bonchev–Trinajstić information content (AvgIpc) is 2.42. The lowest BCUT2D eigenvalue weighted by atomic mass is 9.79. The van der Waals surface area contributed by atoms with Crippen molar-refractivity contribution in [1.82, 2.24) is 4.90 Å². The molecule has 134 valence electrons. The van der Waals surface area contributed by atoms with E-state index in [1.165, 1.54) is 19.3 Å². The van der Waals surface area contributed by atoms with Crippen LogP contribution in [-0.2, 0) is 9.47 Å². The molecule has 22 heavy (non-hydrogen) atoms. The average molecular weight is 316 g/mol. The maximum atomic E-state index is 5.80. The molecule has 0 heterocycles. The molecule has 0 aromatic carbocycles. The molecule has 3 heteroatoms. The Bertz CT molecular complexity index is 248. The van der Waals surface area contributed by atoms with Gasteiger partial charge in [-0.1, -0.05) is 27.7 Å². The van der Waals surface area contributed by atoms with Crippen LogP contribution in [0.2, 0.25) is 0 Å². The molecule has 0 saturated heterocycles. The Morgan fingerprint density at radius 2 is 1.45 bits per heavy atom. The molecule has 0 rings (SSSR count). The molecule has 0 aromatic rings. The zero-order valence-corrected chi connectivity index (χ0v) is 16.3. The van der Waals surface area contributed by atoms with Crippen LogP contribution in [0, 0.1) is 11.3 Å². The summed E-state index contributed by atoms with van der Waals surface area (Å²) in [6.07, 6.45) is 5.89. The summed E-state index contributed by atoms with van der Waals surface area (Å²) >= 11 is 0. The predicted molar refractivity (Wildman–Crippen MR) is 96.5 cm³/mol.